The van der Waals surface area contributed by atoms with E-state index in [1.165, 1.54) is 30.3 Å². The van der Waals surface area contributed by atoms with Crippen LogP contribution in [0.2, 0.25) is 5.02 Å². The fourth-order valence-electron chi connectivity index (χ4n) is 3.16. The van der Waals surface area contributed by atoms with Gasteiger partial charge < -0.3 is 4.90 Å². The highest BCUT2D eigenvalue weighted by atomic mass is 35.5. The van der Waals surface area contributed by atoms with Crippen molar-refractivity contribution in [3.63, 3.8) is 0 Å². The lowest BCUT2D eigenvalue weighted by molar-refractivity contribution is -0.130. The molecule has 1 heterocycles. The Balaban J connectivity index is 1.95. The Morgan fingerprint density at radius 3 is 2.39 bits per heavy atom. The zero-order valence-electron chi connectivity index (χ0n) is 15.6. The van der Waals surface area contributed by atoms with E-state index in [0.29, 0.717) is 13.1 Å². The van der Waals surface area contributed by atoms with Gasteiger partial charge in [-0.15, -0.1) is 0 Å². The third-order valence-electron chi connectivity index (χ3n) is 4.83. The maximum absolute atomic E-state index is 14.3. The van der Waals surface area contributed by atoms with Crippen LogP contribution in [0.25, 0.3) is 0 Å². The number of aryl methyl sites for hydroxylation is 1. The molecule has 0 radical (unpaired) electrons. The van der Waals surface area contributed by atoms with Crippen molar-refractivity contribution < 1.29 is 17.6 Å². The first kappa shape index (κ1) is 20.8. The number of benzene rings is 2. The lowest BCUT2D eigenvalue weighted by atomic mass is 10.2. The number of halogens is 2. The molecule has 5 nitrogen and oxygen atoms in total. The van der Waals surface area contributed by atoms with Gasteiger partial charge in [0, 0.05) is 30.2 Å². The molecule has 0 bridgehead atoms. The van der Waals surface area contributed by atoms with Crippen LogP contribution in [0.3, 0.4) is 0 Å². The molecule has 1 aliphatic rings. The van der Waals surface area contributed by atoms with Crippen molar-refractivity contribution in [2.24, 2.45) is 0 Å². The predicted octanol–water partition coefficient (Wildman–Crippen LogP) is 3.60. The second-order valence-corrected chi connectivity index (χ2v) is 9.22. The first-order valence-electron chi connectivity index (χ1n) is 9.06. The predicted molar refractivity (Wildman–Crippen MR) is 106 cm³/mol. The van der Waals surface area contributed by atoms with Crippen LogP contribution in [0.15, 0.2) is 47.4 Å². The van der Waals surface area contributed by atoms with Crippen LogP contribution in [0.4, 0.5) is 4.39 Å². The highest BCUT2D eigenvalue weighted by Gasteiger charge is 2.30. The van der Waals surface area contributed by atoms with Crippen molar-refractivity contribution >= 4 is 27.5 Å². The Morgan fingerprint density at radius 2 is 1.79 bits per heavy atom. The van der Waals surface area contributed by atoms with E-state index in [0.717, 1.165) is 22.7 Å². The lowest BCUT2D eigenvalue weighted by Gasteiger charge is -2.25. The molecule has 1 saturated heterocycles. The summed E-state index contributed by atoms with van der Waals surface area (Å²) in [5, 5.41) is 0.123. The van der Waals surface area contributed by atoms with Crippen LogP contribution in [-0.4, -0.2) is 43.2 Å². The molecule has 0 unspecified atom stereocenters. The van der Waals surface area contributed by atoms with Gasteiger partial charge in [-0.05, 0) is 44.0 Å². The fraction of sp³-hybridized carbons (Fsp3) is 0.350. The van der Waals surface area contributed by atoms with Gasteiger partial charge in [0.25, 0.3) is 0 Å². The molecule has 1 fully saturated rings. The molecule has 3 rings (SSSR count). The molecule has 2 aromatic carbocycles. The minimum Gasteiger partial charge on any atom is -0.342 e. The van der Waals surface area contributed by atoms with Gasteiger partial charge in [-0.1, -0.05) is 35.4 Å². The highest BCUT2D eigenvalue weighted by Crippen LogP contribution is 2.25. The van der Waals surface area contributed by atoms with E-state index in [4.69, 9.17) is 11.6 Å². The molecule has 0 saturated carbocycles. The zero-order valence-corrected chi connectivity index (χ0v) is 17.1. The highest BCUT2D eigenvalue weighted by molar-refractivity contribution is 7.89. The van der Waals surface area contributed by atoms with E-state index < -0.39 is 15.8 Å². The number of carbonyl (C=O) groups is 1. The molecule has 28 heavy (non-hydrogen) atoms. The zero-order chi connectivity index (χ0) is 20.3. The molecule has 0 spiro atoms. The van der Waals surface area contributed by atoms with Gasteiger partial charge >= 0.3 is 0 Å². The fourth-order valence-corrected chi connectivity index (χ4v) is 4.74. The number of hydrogen-bond donors (Lipinski definition) is 0. The summed E-state index contributed by atoms with van der Waals surface area (Å²) in [6, 6.07) is 10.5. The quantitative estimate of drug-likeness (QED) is 0.711. The molecule has 0 atom stereocenters. The molecule has 2 aromatic rings. The smallest absolute Gasteiger partial charge is 0.243 e. The van der Waals surface area contributed by atoms with Gasteiger partial charge in [0.05, 0.1) is 11.4 Å². The molecular formula is C20H22ClFN2O3S. The summed E-state index contributed by atoms with van der Waals surface area (Å²) in [7, 11) is -4.01. The van der Waals surface area contributed by atoms with E-state index in [9.17, 15) is 17.6 Å². The Bertz CT molecular complexity index is 938. The molecule has 8 heteroatoms. The first-order valence-corrected chi connectivity index (χ1v) is 10.9. The van der Waals surface area contributed by atoms with E-state index in [2.05, 4.69) is 0 Å². The maximum Gasteiger partial charge on any atom is 0.243 e. The topological polar surface area (TPSA) is 57.7 Å². The van der Waals surface area contributed by atoms with Gasteiger partial charge in [-0.2, -0.15) is 4.31 Å². The van der Waals surface area contributed by atoms with Crippen LogP contribution >= 0.6 is 11.6 Å². The number of nitrogens with zero attached hydrogens (tertiary/aromatic N) is 2. The van der Waals surface area contributed by atoms with Crippen LogP contribution < -0.4 is 0 Å². The summed E-state index contributed by atoms with van der Waals surface area (Å²) in [4.78, 5) is 14.3. The van der Waals surface area contributed by atoms with Gasteiger partial charge in [-0.3, -0.25) is 4.79 Å². The Morgan fingerprint density at radius 1 is 1.14 bits per heavy atom. The molecule has 0 aromatic heterocycles. The van der Waals surface area contributed by atoms with Gasteiger partial charge in [0.1, 0.15) is 5.82 Å². The number of amides is 1. The second kappa shape index (κ2) is 8.59. The number of rotatable bonds is 6. The summed E-state index contributed by atoms with van der Waals surface area (Å²) < 4.78 is 41.7. The van der Waals surface area contributed by atoms with Crippen LogP contribution in [-0.2, 0) is 21.4 Å². The van der Waals surface area contributed by atoms with Crippen LogP contribution in [0.1, 0.15) is 24.0 Å². The second-order valence-electron chi connectivity index (χ2n) is 6.87. The van der Waals surface area contributed by atoms with Crippen LogP contribution in [0, 0.1) is 12.7 Å². The number of hydrogen-bond acceptors (Lipinski definition) is 3. The summed E-state index contributed by atoms with van der Waals surface area (Å²) in [6.45, 7) is 2.39. The standard InChI is InChI=1S/C20H22ClFN2O3S/c1-15-7-9-16(10-8-15)28(26,27)24(14-20(25)23-11-2-3-12-23)13-17-18(21)5-4-6-19(17)22/h4-10H,2-3,11-14H2,1H3. The van der Waals surface area contributed by atoms with Crippen molar-refractivity contribution in [2.45, 2.75) is 31.2 Å². The normalized spacial score (nSPS) is 14.6. The van der Waals surface area contributed by atoms with Gasteiger partial charge in [-0.25, -0.2) is 12.8 Å². The van der Waals surface area contributed by atoms with Gasteiger partial charge in [0.15, 0.2) is 0 Å². The van der Waals surface area contributed by atoms with Crippen molar-refractivity contribution in [1.29, 1.82) is 0 Å². The minimum atomic E-state index is -4.01. The van der Waals surface area contributed by atoms with E-state index in [1.807, 2.05) is 6.92 Å². The van der Waals surface area contributed by atoms with Gasteiger partial charge in [0.2, 0.25) is 15.9 Å². The molecule has 150 valence electrons. The minimum absolute atomic E-state index is 0.0501. The third kappa shape index (κ3) is 4.54. The van der Waals surface area contributed by atoms with E-state index in [-0.39, 0.29) is 34.5 Å². The SMILES string of the molecule is Cc1ccc(S(=O)(=O)N(CC(=O)N2CCCC2)Cc2c(F)cccc2Cl)cc1. The number of sulfonamides is 1. The molecule has 1 aliphatic heterocycles. The molecule has 1 amide bonds. The van der Waals surface area contributed by atoms with Crippen molar-refractivity contribution in [1.82, 2.24) is 9.21 Å². The summed E-state index contributed by atoms with van der Waals surface area (Å²) in [6.07, 6.45) is 1.80. The Hall–Kier alpha value is -1.96. The summed E-state index contributed by atoms with van der Waals surface area (Å²) >= 11 is 6.10. The maximum atomic E-state index is 14.3. The Kier molecular flexibility index (Phi) is 6.37. The summed E-state index contributed by atoms with van der Waals surface area (Å²) in [5.74, 6) is -0.897. The van der Waals surface area contributed by atoms with E-state index >= 15 is 0 Å². The monoisotopic (exact) mass is 424 g/mol. The Labute approximate surface area is 169 Å². The number of likely N-dealkylation sites (tertiary alicyclic amines) is 1. The average molecular weight is 425 g/mol. The largest absolute Gasteiger partial charge is 0.342 e. The number of carbonyl (C=O) groups excluding carboxylic acids is 1. The first-order chi connectivity index (χ1) is 13.3. The van der Waals surface area contributed by atoms with E-state index in [1.54, 1.807) is 17.0 Å². The molecular weight excluding hydrogens is 403 g/mol. The lowest BCUT2D eigenvalue weighted by Crippen LogP contribution is -2.41. The molecule has 0 N–H and O–H groups in total. The van der Waals surface area contributed by atoms with Crippen molar-refractivity contribution in [2.75, 3.05) is 19.6 Å². The van der Waals surface area contributed by atoms with Crippen molar-refractivity contribution in [3.05, 3.63) is 64.4 Å². The average Bonchev–Trinajstić information content (AvgIpc) is 3.19. The third-order valence-corrected chi connectivity index (χ3v) is 6.99. The molecule has 0 aliphatic carbocycles. The summed E-state index contributed by atoms with van der Waals surface area (Å²) in [5.41, 5.74) is 0.963. The van der Waals surface area contributed by atoms with Crippen molar-refractivity contribution in [3.8, 4) is 0 Å². The van der Waals surface area contributed by atoms with Crippen LogP contribution in [0.5, 0.6) is 0 Å².